The third kappa shape index (κ3) is 2.85. The summed E-state index contributed by atoms with van der Waals surface area (Å²) in [4.78, 5) is 6.90. The number of aryl methyl sites for hydroxylation is 2. The molecule has 1 saturated heterocycles. The summed E-state index contributed by atoms with van der Waals surface area (Å²) in [7, 11) is 0. The molecule has 3 heteroatoms. The van der Waals surface area contributed by atoms with Crippen LogP contribution in [-0.4, -0.2) is 35.1 Å². The Morgan fingerprint density at radius 1 is 1.04 bits per heavy atom. The van der Waals surface area contributed by atoms with Gasteiger partial charge in [0.15, 0.2) is 0 Å². The molecule has 25 heavy (non-hydrogen) atoms. The van der Waals surface area contributed by atoms with E-state index >= 15 is 0 Å². The molecule has 3 aliphatic rings. The number of pyridine rings is 1. The highest BCUT2D eigenvalue weighted by Crippen LogP contribution is 2.40. The molecule has 5 rings (SSSR count). The Morgan fingerprint density at radius 2 is 1.92 bits per heavy atom. The first-order valence-corrected chi connectivity index (χ1v) is 9.73. The largest absolute Gasteiger partial charge is 0.487 e. The van der Waals surface area contributed by atoms with Gasteiger partial charge in [-0.15, -0.1) is 0 Å². The number of hydrogen-bond donors (Lipinski definition) is 0. The van der Waals surface area contributed by atoms with E-state index in [0.717, 1.165) is 37.4 Å². The van der Waals surface area contributed by atoms with E-state index in [2.05, 4.69) is 34.1 Å². The third-order valence-corrected chi connectivity index (χ3v) is 6.54. The van der Waals surface area contributed by atoms with Gasteiger partial charge in [-0.3, -0.25) is 4.98 Å². The van der Waals surface area contributed by atoms with Crippen molar-refractivity contribution in [1.82, 2.24) is 9.88 Å². The van der Waals surface area contributed by atoms with Crippen molar-refractivity contribution in [2.75, 3.05) is 19.6 Å². The molecule has 2 aromatic rings. The molecule has 1 aromatic carbocycles. The van der Waals surface area contributed by atoms with E-state index in [9.17, 15) is 0 Å². The molecular weight excluding hydrogens is 308 g/mol. The van der Waals surface area contributed by atoms with Crippen molar-refractivity contribution in [2.24, 2.45) is 0 Å². The van der Waals surface area contributed by atoms with Crippen molar-refractivity contribution in [3.05, 3.63) is 59.4 Å². The van der Waals surface area contributed by atoms with Gasteiger partial charge in [0.1, 0.15) is 11.4 Å². The summed E-state index contributed by atoms with van der Waals surface area (Å²) in [6.45, 7) is 3.55. The van der Waals surface area contributed by atoms with Crippen LogP contribution in [-0.2, 0) is 12.8 Å². The first-order valence-electron chi connectivity index (χ1n) is 9.73. The van der Waals surface area contributed by atoms with Crippen LogP contribution in [0.15, 0.2) is 42.7 Å². The predicted molar refractivity (Wildman–Crippen MR) is 99.1 cm³/mol. The standard InChI is InChI=1S/C22H26N2O/c1-2-4-20-17(3-1)5-6-19(20)16-24-13-10-22(11-14-24)9-7-18-15-23-12-8-21(18)25-22/h1-4,8,12,15,19H,5-7,9-11,13-14,16H2. The van der Waals surface area contributed by atoms with E-state index in [-0.39, 0.29) is 5.60 Å². The number of fused-ring (bicyclic) bond motifs is 2. The summed E-state index contributed by atoms with van der Waals surface area (Å²) in [5.41, 5.74) is 4.51. The molecule has 0 saturated carbocycles. The third-order valence-electron chi connectivity index (χ3n) is 6.54. The fraction of sp³-hybridized carbons (Fsp3) is 0.500. The van der Waals surface area contributed by atoms with Crippen LogP contribution in [0.1, 0.15) is 48.3 Å². The van der Waals surface area contributed by atoms with Crippen molar-refractivity contribution in [3.63, 3.8) is 0 Å². The van der Waals surface area contributed by atoms with Gasteiger partial charge < -0.3 is 9.64 Å². The highest BCUT2D eigenvalue weighted by atomic mass is 16.5. The van der Waals surface area contributed by atoms with Gasteiger partial charge >= 0.3 is 0 Å². The number of nitrogens with zero attached hydrogens (tertiary/aromatic N) is 2. The van der Waals surface area contributed by atoms with Gasteiger partial charge in [0.05, 0.1) is 0 Å². The molecule has 1 spiro atoms. The minimum Gasteiger partial charge on any atom is -0.487 e. The van der Waals surface area contributed by atoms with Crippen LogP contribution in [0.3, 0.4) is 0 Å². The molecule has 1 unspecified atom stereocenters. The van der Waals surface area contributed by atoms with E-state index in [4.69, 9.17) is 4.74 Å². The van der Waals surface area contributed by atoms with E-state index in [1.165, 1.54) is 38.0 Å². The second-order valence-electron chi connectivity index (χ2n) is 8.00. The zero-order chi connectivity index (χ0) is 16.7. The van der Waals surface area contributed by atoms with Crippen LogP contribution < -0.4 is 4.74 Å². The van der Waals surface area contributed by atoms with E-state index < -0.39 is 0 Å². The van der Waals surface area contributed by atoms with Crippen LogP contribution in [0, 0.1) is 0 Å². The lowest BCUT2D eigenvalue weighted by molar-refractivity contribution is -0.0157. The Labute approximate surface area is 150 Å². The van der Waals surface area contributed by atoms with Gasteiger partial charge in [0.25, 0.3) is 0 Å². The van der Waals surface area contributed by atoms with Gasteiger partial charge in [-0.05, 0) is 61.6 Å². The number of hydrogen-bond acceptors (Lipinski definition) is 3. The highest BCUT2D eigenvalue weighted by Gasteiger charge is 2.40. The van der Waals surface area contributed by atoms with Gasteiger partial charge in [-0.2, -0.15) is 0 Å². The van der Waals surface area contributed by atoms with Crippen LogP contribution in [0.25, 0.3) is 0 Å². The Bertz CT molecular complexity index is 764. The van der Waals surface area contributed by atoms with E-state index in [1.807, 2.05) is 18.5 Å². The summed E-state index contributed by atoms with van der Waals surface area (Å²) in [6, 6.07) is 11.1. The average molecular weight is 334 g/mol. The number of aromatic nitrogens is 1. The van der Waals surface area contributed by atoms with Crippen molar-refractivity contribution < 1.29 is 4.74 Å². The van der Waals surface area contributed by atoms with Crippen molar-refractivity contribution in [1.29, 1.82) is 0 Å². The fourth-order valence-electron chi connectivity index (χ4n) is 4.99. The lowest BCUT2D eigenvalue weighted by Gasteiger charge is -2.45. The molecule has 1 aliphatic carbocycles. The molecular formula is C22H26N2O. The molecule has 130 valence electrons. The maximum atomic E-state index is 6.47. The summed E-state index contributed by atoms with van der Waals surface area (Å²) >= 11 is 0. The Kier molecular flexibility index (Phi) is 3.78. The minimum absolute atomic E-state index is 0.0679. The molecule has 0 bridgehead atoms. The number of ether oxygens (including phenoxy) is 1. The van der Waals surface area contributed by atoms with Gasteiger partial charge in [-0.1, -0.05) is 24.3 Å². The Hall–Kier alpha value is -1.87. The number of rotatable bonds is 2. The maximum absolute atomic E-state index is 6.47. The molecule has 3 nitrogen and oxygen atoms in total. The number of likely N-dealkylation sites (tertiary alicyclic amines) is 1. The molecule has 1 atom stereocenters. The van der Waals surface area contributed by atoms with Crippen LogP contribution in [0.5, 0.6) is 5.75 Å². The molecule has 1 aromatic heterocycles. The van der Waals surface area contributed by atoms with Crippen molar-refractivity contribution in [2.45, 2.75) is 50.0 Å². The second-order valence-corrected chi connectivity index (χ2v) is 8.00. The smallest absolute Gasteiger partial charge is 0.126 e. The number of benzene rings is 1. The summed E-state index contributed by atoms with van der Waals surface area (Å²) in [5, 5.41) is 0. The van der Waals surface area contributed by atoms with Gasteiger partial charge in [-0.25, -0.2) is 0 Å². The second kappa shape index (κ2) is 6.14. The topological polar surface area (TPSA) is 25.4 Å². The summed E-state index contributed by atoms with van der Waals surface area (Å²) < 4.78 is 6.47. The zero-order valence-corrected chi connectivity index (χ0v) is 14.8. The minimum atomic E-state index is 0.0679. The van der Waals surface area contributed by atoms with Gasteiger partial charge in [0, 0.05) is 37.6 Å². The maximum Gasteiger partial charge on any atom is 0.126 e. The predicted octanol–water partition coefficient (Wildman–Crippen LogP) is 3.97. The van der Waals surface area contributed by atoms with Crippen molar-refractivity contribution >= 4 is 0 Å². The van der Waals surface area contributed by atoms with Crippen LogP contribution in [0.2, 0.25) is 0 Å². The molecule has 1 fully saturated rings. The highest BCUT2D eigenvalue weighted by molar-refractivity contribution is 5.35. The van der Waals surface area contributed by atoms with Gasteiger partial charge in [0.2, 0.25) is 0 Å². The quantitative estimate of drug-likeness (QED) is 0.831. The molecule has 0 N–H and O–H groups in total. The van der Waals surface area contributed by atoms with Crippen LogP contribution >= 0.6 is 0 Å². The first-order chi connectivity index (χ1) is 12.3. The molecule has 2 aliphatic heterocycles. The normalized spacial score (nSPS) is 24.6. The molecule has 0 radical (unpaired) electrons. The lowest BCUT2D eigenvalue weighted by atomic mass is 9.83. The summed E-state index contributed by atoms with van der Waals surface area (Å²) in [6.07, 6.45) is 11.0. The average Bonchev–Trinajstić information content (AvgIpc) is 3.07. The fourth-order valence-corrected chi connectivity index (χ4v) is 4.99. The molecule has 3 heterocycles. The molecule has 0 amide bonds. The lowest BCUT2D eigenvalue weighted by Crippen LogP contribution is -2.50. The summed E-state index contributed by atoms with van der Waals surface area (Å²) in [5.74, 6) is 1.80. The monoisotopic (exact) mass is 334 g/mol. The first kappa shape index (κ1) is 15.4. The van der Waals surface area contributed by atoms with E-state index in [0.29, 0.717) is 0 Å². The Morgan fingerprint density at radius 3 is 2.84 bits per heavy atom. The van der Waals surface area contributed by atoms with E-state index in [1.54, 1.807) is 11.1 Å². The zero-order valence-electron chi connectivity index (χ0n) is 14.8. The Balaban J connectivity index is 1.23. The van der Waals surface area contributed by atoms with Crippen LogP contribution in [0.4, 0.5) is 0 Å². The van der Waals surface area contributed by atoms with Crippen molar-refractivity contribution in [3.8, 4) is 5.75 Å². The number of piperidine rings is 1. The SMILES string of the molecule is c1ccc2c(c1)CCC2CN1CCC2(CCc3cnccc3O2)CC1.